The van der Waals surface area contributed by atoms with Crippen molar-refractivity contribution in [2.75, 3.05) is 20.3 Å². The second-order valence-corrected chi connectivity index (χ2v) is 4.37. The molecule has 1 fully saturated rings. The molecule has 0 saturated carbocycles. The Morgan fingerprint density at radius 1 is 1.41 bits per heavy atom. The van der Waals surface area contributed by atoms with Crippen LogP contribution in [0.15, 0.2) is 24.3 Å². The highest BCUT2D eigenvalue weighted by Gasteiger charge is 2.22. The van der Waals surface area contributed by atoms with Gasteiger partial charge in [0.1, 0.15) is 11.5 Å². The van der Waals surface area contributed by atoms with Crippen molar-refractivity contribution in [3.8, 4) is 5.75 Å². The zero-order valence-corrected chi connectivity index (χ0v) is 10.1. The number of hydrogen-bond acceptors (Lipinski definition) is 3. The molecule has 0 spiro atoms. The van der Waals surface area contributed by atoms with Crippen LogP contribution < -0.4 is 4.74 Å². The molecule has 1 heterocycles. The molecule has 1 aliphatic rings. The number of ether oxygens (including phenoxy) is 2. The summed E-state index contributed by atoms with van der Waals surface area (Å²) >= 11 is 0. The number of aryl methyl sites for hydroxylation is 1. The molecule has 1 aromatic carbocycles. The normalized spacial score (nSPS) is 19.2. The fourth-order valence-corrected chi connectivity index (χ4v) is 2.05. The minimum atomic E-state index is 0.133. The second kappa shape index (κ2) is 5.82. The predicted molar refractivity (Wildman–Crippen MR) is 65.2 cm³/mol. The highest BCUT2D eigenvalue weighted by Crippen LogP contribution is 2.17. The average molecular weight is 234 g/mol. The van der Waals surface area contributed by atoms with Crippen LogP contribution in [0.5, 0.6) is 5.75 Å². The van der Waals surface area contributed by atoms with Gasteiger partial charge in [0.05, 0.1) is 13.7 Å². The molecule has 17 heavy (non-hydrogen) atoms. The Bertz CT molecular complexity index is 364. The molecule has 1 atom stereocenters. The second-order valence-electron chi connectivity index (χ2n) is 4.37. The van der Waals surface area contributed by atoms with E-state index in [0.717, 1.165) is 25.2 Å². The number of Topliss-reactive ketones (excluding diaryl/α,β-unsaturated/α-hetero) is 1. The monoisotopic (exact) mass is 234 g/mol. The lowest BCUT2D eigenvalue weighted by molar-refractivity contribution is -0.122. The van der Waals surface area contributed by atoms with Gasteiger partial charge in [-0.15, -0.1) is 0 Å². The third-order valence-electron chi connectivity index (χ3n) is 3.20. The summed E-state index contributed by atoms with van der Waals surface area (Å²) in [5, 5.41) is 0. The van der Waals surface area contributed by atoms with Crippen molar-refractivity contribution in [2.24, 2.45) is 5.92 Å². The molecule has 1 aromatic rings. The van der Waals surface area contributed by atoms with E-state index in [4.69, 9.17) is 9.47 Å². The van der Waals surface area contributed by atoms with E-state index < -0.39 is 0 Å². The Morgan fingerprint density at radius 2 is 2.18 bits per heavy atom. The summed E-state index contributed by atoms with van der Waals surface area (Å²) in [5.41, 5.74) is 1.18. The van der Waals surface area contributed by atoms with E-state index in [1.54, 1.807) is 7.11 Å². The van der Waals surface area contributed by atoms with Crippen LogP contribution >= 0.6 is 0 Å². The van der Waals surface area contributed by atoms with Gasteiger partial charge < -0.3 is 9.47 Å². The number of carbonyl (C=O) groups excluding carboxylic acids is 1. The summed E-state index contributed by atoms with van der Waals surface area (Å²) in [4.78, 5) is 11.8. The molecule has 3 nitrogen and oxygen atoms in total. The maximum atomic E-state index is 11.8. The fraction of sp³-hybridized carbons (Fsp3) is 0.500. The van der Waals surface area contributed by atoms with Gasteiger partial charge in [-0.05, 0) is 30.5 Å². The fourth-order valence-electron chi connectivity index (χ4n) is 2.05. The molecule has 0 amide bonds. The summed E-state index contributed by atoms with van der Waals surface area (Å²) < 4.78 is 10.3. The van der Waals surface area contributed by atoms with Crippen LogP contribution in [0.25, 0.3) is 0 Å². The Morgan fingerprint density at radius 3 is 2.76 bits per heavy atom. The first kappa shape index (κ1) is 12.1. The molecule has 0 aromatic heterocycles. The van der Waals surface area contributed by atoms with E-state index in [1.807, 2.05) is 24.3 Å². The van der Waals surface area contributed by atoms with Crippen LogP contribution in [-0.2, 0) is 16.0 Å². The predicted octanol–water partition coefficient (Wildman–Crippen LogP) is 2.23. The summed E-state index contributed by atoms with van der Waals surface area (Å²) in [7, 11) is 1.65. The van der Waals surface area contributed by atoms with Crippen LogP contribution in [0.3, 0.4) is 0 Å². The van der Waals surface area contributed by atoms with Gasteiger partial charge in [0.25, 0.3) is 0 Å². The summed E-state index contributed by atoms with van der Waals surface area (Å²) in [6.07, 6.45) is 2.31. The van der Waals surface area contributed by atoms with Crippen molar-refractivity contribution in [3.63, 3.8) is 0 Å². The quantitative estimate of drug-likeness (QED) is 0.783. The number of hydrogen-bond donors (Lipinski definition) is 0. The molecule has 0 N–H and O–H groups in total. The third kappa shape index (κ3) is 3.30. The van der Waals surface area contributed by atoms with Crippen LogP contribution in [0, 0.1) is 5.92 Å². The van der Waals surface area contributed by atoms with Crippen LogP contribution in [-0.4, -0.2) is 26.1 Å². The molecule has 2 rings (SSSR count). The van der Waals surface area contributed by atoms with Crippen molar-refractivity contribution in [1.82, 2.24) is 0 Å². The molecule has 1 unspecified atom stereocenters. The van der Waals surface area contributed by atoms with Crippen molar-refractivity contribution >= 4 is 5.78 Å². The number of methoxy groups -OCH3 is 1. The Labute approximate surface area is 102 Å². The first-order valence-electron chi connectivity index (χ1n) is 6.03. The largest absolute Gasteiger partial charge is 0.497 e. The Hall–Kier alpha value is -1.35. The van der Waals surface area contributed by atoms with Crippen LogP contribution in [0.4, 0.5) is 0 Å². The molecule has 0 aliphatic carbocycles. The average Bonchev–Trinajstić information content (AvgIpc) is 2.90. The zero-order valence-electron chi connectivity index (χ0n) is 10.1. The maximum Gasteiger partial charge on any atom is 0.138 e. The lowest BCUT2D eigenvalue weighted by Gasteiger charge is -2.06. The van der Waals surface area contributed by atoms with Gasteiger partial charge in [0, 0.05) is 18.9 Å². The SMILES string of the molecule is COc1ccc(CCC(=O)C2CCOC2)cc1. The van der Waals surface area contributed by atoms with Gasteiger partial charge in [0.2, 0.25) is 0 Å². The van der Waals surface area contributed by atoms with E-state index in [1.165, 1.54) is 5.56 Å². The topological polar surface area (TPSA) is 35.5 Å². The Kier molecular flexibility index (Phi) is 4.15. The van der Waals surface area contributed by atoms with Gasteiger partial charge in [-0.25, -0.2) is 0 Å². The molecule has 1 saturated heterocycles. The molecular weight excluding hydrogens is 216 g/mol. The van der Waals surface area contributed by atoms with Gasteiger partial charge in [-0.3, -0.25) is 4.79 Å². The number of benzene rings is 1. The molecular formula is C14H18O3. The van der Waals surface area contributed by atoms with Gasteiger partial charge in [-0.2, -0.15) is 0 Å². The molecule has 0 radical (unpaired) electrons. The molecule has 92 valence electrons. The van der Waals surface area contributed by atoms with E-state index in [2.05, 4.69) is 0 Å². The number of ketones is 1. The number of carbonyl (C=O) groups is 1. The minimum absolute atomic E-state index is 0.133. The number of rotatable bonds is 5. The van der Waals surface area contributed by atoms with Gasteiger partial charge >= 0.3 is 0 Å². The zero-order chi connectivity index (χ0) is 12.1. The first-order chi connectivity index (χ1) is 8.29. The molecule has 3 heteroatoms. The van der Waals surface area contributed by atoms with Crippen molar-refractivity contribution in [3.05, 3.63) is 29.8 Å². The van der Waals surface area contributed by atoms with Gasteiger partial charge in [-0.1, -0.05) is 12.1 Å². The first-order valence-corrected chi connectivity index (χ1v) is 6.03. The van der Waals surface area contributed by atoms with E-state index in [0.29, 0.717) is 18.8 Å². The van der Waals surface area contributed by atoms with Crippen molar-refractivity contribution in [2.45, 2.75) is 19.3 Å². The summed E-state index contributed by atoms with van der Waals surface area (Å²) in [6.45, 7) is 1.35. The molecule has 0 bridgehead atoms. The minimum Gasteiger partial charge on any atom is -0.497 e. The summed E-state index contributed by atoms with van der Waals surface area (Å²) in [5.74, 6) is 1.32. The van der Waals surface area contributed by atoms with Gasteiger partial charge in [0.15, 0.2) is 0 Å². The highest BCUT2D eigenvalue weighted by molar-refractivity contribution is 5.81. The van der Waals surface area contributed by atoms with Crippen molar-refractivity contribution < 1.29 is 14.3 Å². The van der Waals surface area contributed by atoms with E-state index in [9.17, 15) is 4.79 Å². The van der Waals surface area contributed by atoms with Crippen molar-refractivity contribution in [1.29, 1.82) is 0 Å². The summed E-state index contributed by atoms with van der Waals surface area (Å²) in [6, 6.07) is 7.88. The van der Waals surface area contributed by atoms with Crippen LogP contribution in [0.1, 0.15) is 18.4 Å². The smallest absolute Gasteiger partial charge is 0.138 e. The third-order valence-corrected chi connectivity index (χ3v) is 3.20. The Balaban J connectivity index is 1.82. The van der Waals surface area contributed by atoms with Crippen LogP contribution in [0.2, 0.25) is 0 Å². The standard InChI is InChI=1S/C14H18O3/c1-16-13-5-2-11(3-6-13)4-7-14(15)12-8-9-17-10-12/h2-3,5-6,12H,4,7-10H2,1H3. The van der Waals surface area contributed by atoms with E-state index >= 15 is 0 Å². The van der Waals surface area contributed by atoms with E-state index in [-0.39, 0.29) is 5.92 Å². The lowest BCUT2D eigenvalue weighted by Crippen LogP contribution is -2.14. The highest BCUT2D eigenvalue weighted by atomic mass is 16.5. The maximum absolute atomic E-state index is 11.8. The molecule has 1 aliphatic heterocycles. The lowest BCUT2D eigenvalue weighted by atomic mass is 9.97.